The minimum absolute atomic E-state index is 0.00919. The summed E-state index contributed by atoms with van der Waals surface area (Å²) in [7, 11) is -3.65. The summed E-state index contributed by atoms with van der Waals surface area (Å²) in [4.78, 5) is 12.4. The summed E-state index contributed by atoms with van der Waals surface area (Å²) in [6.07, 6.45) is 2.08. The maximum Gasteiger partial charge on any atom is 0.246 e. The maximum absolute atomic E-state index is 12.4. The molecule has 0 aliphatic carbocycles. The Balaban J connectivity index is 2.07. The van der Waals surface area contributed by atoms with Crippen LogP contribution in [0, 0.1) is 0 Å². The fraction of sp³-hybridized carbons (Fsp3) is 0.471. The van der Waals surface area contributed by atoms with Crippen LogP contribution in [0.25, 0.3) is 0 Å². The lowest BCUT2D eigenvalue weighted by Gasteiger charge is -2.22. The van der Waals surface area contributed by atoms with Crippen molar-refractivity contribution in [2.24, 2.45) is 0 Å². The third-order valence-corrected chi connectivity index (χ3v) is 6.58. The van der Waals surface area contributed by atoms with Crippen LogP contribution in [-0.2, 0) is 14.8 Å². The lowest BCUT2D eigenvalue weighted by Crippen LogP contribution is -2.37. The number of hydrogen-bond donors (Lipinski definition) is 1. The van der Waals surface area contributed by atoms with Crippen molar-refractivity contribution in [2.45, 2.75) is 37.6 Å². The molecule has 0 saturated heterocycles. The molecule has 0 fully saturated rings. The van der Waals surface area contributed by atoms with E-state index in [1.54, 1.807) is 36.0 Å². The van der Waals surface area contributed by atoms with E-state index in [9.17, 15) is 13.2 Å². The molecule has 1 N–H and O–H groups in total. The average Bonchev–Trinajstić information content (AvgIpc) is 3.04. The molecule has 11 heteroatoms. The topological polar surface area (TPSA) is 101 Å². The zero-order chi connectivity index (χ0) is 20.7. The van der Waals surface area contributed by atoms with Crippen molar-refractivity contribution in [3.8, 4) is 5.75 Å². The Hall–Kier alpha value is -1.85. The van der Waals surface area contributed by atoms with Gasteiger partial charge in [-0.2, -0.15) is 0 Å². The van der Waals surface area contributed by atoms with E-state index in [2.05, 4.69) is 22.4 Å². The number of nitrogens with zero attached hydrogens (tertiary/aromatic N) is 3. The monoisotopic (exact) mass is 444 g/mol. The summed E-state index contributed by atoms with van der Waals surface area (Å²) < 4.78 is 31.7. The molecule has 0 radical (unpaired) electrons. The zero-order valence-corrected chi connectivity index (χ0v) is 18.7. The quantitative estimate of drug-likeness (QED) is 0.443. The molecule has 0 saturated carbocycles. The summed E-state index contributed by atoms with van der Waals surface area (Å²) in [6, 6.07) is 6.56. The number of rotatable bonds is 10. The highest BCUT2D eigenvalue weighted by molar-refractivity contribution is 8.01. The van der Waals surface area contributed by atoms with Gasteiger partial charge < -0.3 is 4.74 Å². The first kappa shape index (κ1) is 22.4. The summed E-state index contributed by atoms with van der Waals surface area (Å²) >= 11 is 2.83. The molecule has 0 atom stereocenters. The van der Waals surface area contributed by atoms with Gasteiger partial charge in [0.25, 0.3) is 0 Å². The van der Waals surface area contributed by atoms with Crippen molar-refractivity contribution >= 4 is 49.8 Å². The van der Waals surface area contributed by atoms with Crippen LogP contribution in [0.2, 0.25) is 0 Å². The Kier molecular flexibility index (Phi) is 8.08. The molecule has 0 aliphatic heterocycles. The standard InChI is InChI=1S/C17H24N4O4S3/c1-5-10-26-17-20-19-16(27-17)18-15(22)11-21(28(4,23)24)13-6-8-14(9-7-13)25-12(2)3/h6-9,12H,5,10-11H2,1-4H3,(H,18,19,22). The van der Waals surface area contributed by atoms with Crippen molar-refractivity contribution in [3.05, 3.63) is 24.3 Å². The number of ether oxygens (including phenoxy) is 1. The van der Waals surface area contributed by atoms with Crippen LogP contribution < -0.4 is 14.4 Å². The number of amides is 1. The number of hydrogen-bond acceptors (Lipinski definition) is 8. The number of aromatic nitrogens is 2. The van der Waals surface area contributed by atoms with Crippen LogP contribution in [0.3, 0.4) is 0 Å². The van der Waals surface area contributed by atoms with E-state index in [0.717, 1.165) is 27.1 Å². The molecule has 1 aromatic heterocycles. The van der Waals surface area contributed by atoms with E-state index in [1.165, 1.54) is 11.3 Å². The number of benzene rings is 1. The number of nitrogens with one attached hydrogen (secondary N) is 1. The first-order chi connectivity index (χ1) is 13.2. The Morgan fingerprint density at radius 2 is 1.96 bits per heavy atom. The largest absolute Gasteiger partial charge is 0.491 e. The molecular weight excluding hydrogens is 420 g/mol. The zero-order valence-electron chi connectivity index (χ0n) is 16.2. The van der Waals surface area contributed by atoms with Crippen molar-refractivity contribution in [1.82, 2.24) is 10.2 Å². The molecule has 28 heavy (non-hydrogen) atoms. The molecule has 0 unspecified atom stereocenters. The number of sulfonamides is 1. The first-order valence-electron chi connectivity index (χ1n) is 8.69. The van der Waals surface area contributed by atoms with Gasteiger partial charge in [0, 0.05) is 5.75 Å². The fourth-order valence-electron chi connectivity index (χ4n) is 2.16. The van der Waals surface area contributed by atoms with Gasteiger partial charge in [-0.15, -0.1) is 10.2 Å². The lowest BCUT2D eigenvalue weighted by molar-refractivity contribution is -0.114. The van der Waals surface area contributed by atoms with Gasteiger partial charge >= 0.3 is 0 Å². The Labute approximate surface area is 173 Å². The molecule has 2 aromatic rings. The minimum Gasteiger partial charge on any atom is -0.491 e. The highest BCUT2D eigenvalue weighted by atomic mass is 32.2. The van der Waals surface area contributed by atoms with Gasteiger partial charge in [0.15, 0.2) is 4.34 Å². The molecular formula is C17H24N4O4S3. The SMILES string of the molecule is CCCSc1nnc(NC(=O)CN(c2ccc(OC(C)C)cc2)S(C)(=O)=O)s1. The van der Waals surface area contributed by atoms with E-state index in [4.69, 9.17) is 4.74 Å². The predicted molar refractivity (Wildman–Crippen MR) is 114 cm³/mol. The first-order valence-corrected chi connectivity index (χ1v) is 12.3. The highest BCUT2D eigenvalue weighted by Crippen LogP contribution is 2.26. The van der Waals surface area contributed by atoms with Gasteiger partial charge in [-0.25, -0.2) is 8.42 Å². The highest BCUT2D eigenvalue weighted by Gasteiger charge is 2.22. The van der Waals surface area contributed by atoms with Crippen LogP contribution >= 0.6 is 23.1 Å². The van der Waals surface area contributed by atoms with Crippen molar-refractivity contribution in [1.29, 1.82) is 0 Å². The molecule has 2 rings (SSSR count). The molecule has 0 bridgehead atoms. The van der Waals surface area contributed by atoms with Crippen molar-refractivity contribution in [2.75, 3.05) is 28.2 Å². The summed E-state index contributed by atoms with van der Waals surface area (Å²) in [5.74, 6) is 1.06. The number of carbonyl (C=O) groups is 1. The molecule has 154 valence electrons. The normalized spacial score (nSPS) is 11.5. The Morgan fingerprint density at radius 1 is 1.29 bits per heavy atom. The van der Waals surface area contributed by atoms with Gasteiger partial charge in [-0.05, 0) is 44.5 Å². The Bertz CT molecular complexity index is 882. The predicted octanol–water partition coefficient (Wildman–Crippen LogP) is 3.23. The third-order valence-electron chi connectivity index (χ3n) is 3.27. The molecule has 8 nitrogen and oxygen atoms in total. The summed E-state index contributed by atoms with van der Waals surface area (Å²) in [5.41, 5.74) is 0.380. The van der Waals surface area contributed by atoms with Gasteiger partial charge in [-0.1, -0.05) is 30.0 Å². The van der Waals surface area contributed by atoms with Crippen LogP contribution in [0.5, 0.6) is 5.75 Å². The maximum atomic E-state index is 12.4. The van der Waals surface area contributed by atoms with Crippen LogP contribution in [0.4, 0.5) is 10.8 Å². The lowest BCUT2D eigenvalue weighted by atomic mass is 10.3. The summed E-state index contributed by atoms with van der Waals surface area (Å²) in [5, 5.41) is 10.9. The second-order valence-corrected chi connectivity index (χ2v) is 10.4. The fourth-order valence-corrected chi connectivity index (χ4v) is 4.71. The molecule has 0 spiro atoms. The molecule has 1 aromatic carbocycles. The van der Waals surface area contributed by atoms with Gasteiger partial charge in [0.05, 0.1) is 18.0 Å². The van der Waals surface area contributed by atoms with Gasteiger partial charge in [0.2, 0.25) is 21.1 Å². The van der Waals surface area contributed by atoms with Crippen LogP contribution in [-0.4, -0.2) is 49.2 Å². The van der Waals surface area contributed by atoms with Crippen molar-refractivity contribution < 1.29 is 17.9 Å². The van der Waals surface area contributed by atoms with E-state index in [0.29, 0.717) is 16.6 Å². The third kappa shape index (κ3) is 6.95. The molecule has 0 aliphatic rings. The summed E-state index contributed by atoms with van der Waals surface area (Å²) in [6.45, 7) is 5.51. The van der Waals surface area contributed by atoms with E-state index >= 15 is 0 Å². The number of anilines is 2. The van der Waals surface area contributed by atoms with Crippen molar-refractivity contribution in [3.63, 3.8) is 0 Å². The second-order valence-electron chi connectivity index (χ2n) is 6.20. The van der Waals surface area contributed by atoms with E-state index in [1.807, 2.05) is 13.8 Å². The number of thioether (sulfide) groups is 1. The van der Waals surface area contributed by atoms with Crippen LogP contribution in [0.1, 0.15) is 27.2 Å². The molecule has 1 heterocycles. The second kappa shape index (κ2) is 10.1. The van der Waals surface area contributed by atoms with Crippen LogP contribution in [0.15, 0.2) is 28.6 Å². The molecule has 1 amide bonds. The average molecular weight is 445 g/mol. The minimum atomic E-state index is -3.65. The van der Waals surface area contributed by atoms with Gasteiger partial charge in [-0.3, -0.25) is 14.4 Å². The van der Waals surface area contributed by atoms with Gasteiger partial charge in [0.1, 0.15) is 12.3 Å². The van der Waals surface area contributed by atoms with E-state index in [-0.39, 0.29) is 12.6 Å². The smallest absolute Gasteiger partial charge is 0.246 e. The Morgan fingerprint density at radius 3 is 2.54 bits per heavy atom. The van der Waals surface area contributed by atoms with E-state index < -0.39 is 15.9 Å². The number of carbonyl (C=O) groups excluding carboxylic acids is 1.